The highest BCUT2D eigenvalue weighted by atomic mass is 79.9. The van der Waals surface area contributed by atoms with Gasteiger partial charge in [0.2, 0.25) is 0 Å². The van der Waals surface area contributed by atoms with Crippen molar-refractivity contribution in [2.75, 3.05) is 13.2 Å². The number of thiophene rings is 4. The van der Waals surface area contributed by atoms with Crippen LogP contribution < -0.4 is 0 Å². The SMILES string of the molecule is CCOC(=O)Cc1cc(Br)sc1-c1ccc(-c2ccc(-c3sc(Br)cc3CC(=O)OCC)s2)s1. The molecule has 0 amide bonds. The molecule has 0 bridgehead atoms. The van der Waals surface area contributed by atoms with Gasteiger partial charge in [0, 0.05) is 29.3 Å². The normalized spacial score (nSPS) is 11.1. The standard InChI is InChI=1S/C24H20Br2O4S4/c1-3-29-21(27)11-13-9-19(25)33-23(13)17-7-5-15(31-17)16-6-8-18(32-16)24-14(10-20(26)34-24)12-22(28)30-4-2/h5-10H,3-4,11-12H2,1-2H3. The maximum atomic E-state index is 12.0. The van der Waals surface area contributed by atoms with E-state index in [4.69, 9.17) is 9.47 Å². The summed E-state index contributed by atoms with van der Waals surface area (Å²) in [7, 11) is 0. The van der Waals surface area contributed by atoms with Crippen LogP contribution in [0, 0.1) is 0 Å². The number of rotatable bonds is 9. The second-order valence-electron chi connectivity index (χ2n) is 7.10. The van der Waals surface area contributed by atoms with Gasteiger partial charge < -0.3 is 9.47 Å². The van der Waals surface area contributed by atoms with E-state index in [9.17, 15) is 9.59 Å². The van der Waals surface area contributed by atoms with Crippen molar-refractivity contribution in [2.45, 2.75) is 26.7 Å². The van der Waals surface area contributed by atoms with Crippen molar-refractivity contribution in [3.05, 3.63) is 55.1 Å². The van der Waals surface area contributed by atoms with E-state index < -0.39 is 0 Å². The molecule has 4 heterocycles. The fourth-order valence-electron chi connectivity index (χ4n) is 3.39. The van der Waals surface area contributed by atoms with E-state index in [0.29, 0.717) is 13.2 Å². The van der Waals surface area contributed by atoms with Gasteiger partial charge >= 0.3 is 11.9 Å². The van der Waals surface area contributed by atoms with Crippen molar-refractivity contribution in [3.8, 4) is 29.3 Å². The highest BCUT2D eigenvalue weighted by molar-refractivity contribution is 9.11. The number of carbonyl (C=O) groups is 2. The molecule has 4 aromatic heterocycles. The molecule has 0 saturated heterocycles. The predicted octanol–water partition coefficient (Wildman–Crippen LogP) is 8.67. The van der Waals surface area contributed by atoms with Crippen molar-refractivity contribution in [1.82, 2.24) is 0 Å². The monoisotopic (exact) mass is 658 g/mol. The van der Waals surface area contributed by atoms with E-state index in [0.717, 1.165) is 38.2 Å². The highest BCUT2D eigenvalue weighted by Gasteiger charge is 2.19. The molecular formula is C24H20Br2O4S4. The van der Waals surface area contributed by atoms with E-state index in [2.05, 4.69) is 56.1 Å². The minimum absolute atomic E-state index is 0.213. The van der Waals surface area contributed by atoms with E-state index >= 15 is 0 Å². The average molecular weight is 660 g/mol. The molecule has 10 heteroatoms. The van der Waals surface area contributed by atoms with Crippen molar-refractivity contribution in [1.29, 1.82) is 0 Å². The number of ether oxygens (including phenoxy) is 2. The summed E-state index contributed by atoms with van der Waals surface area (Å²) >= 11 is 13.8. The Labute approximate surface area is 230 Å². The Bertz CT molecular complexity index is 1210. The maximum absolute atomic E-state index is 12.0. The Morgan fingerprint density at radius 1 is 0.676 bits per heavy atom. The topological polar surface area (TPSA) is 52.6 Å². The van der Waals surface area contributed by atoms with Crippen LogP contribution in [-0.2, 0) is 31.9 Å². The van der Waals surface area contributed by atoms with Crippen LogP contribution in [0.5, 0.6) is 0 Å². The number of halogens is 2. The van der Waals surface area contributed by atoms with E-state index in [-0.39, 0.29) is 24.8 Å². The minimum atomic E-state index is -0.213. The van der Waals surface area contributed by atoms with Gasteiger partial charge in [-0.1, -0.05) is 0 Å². The molecule has 0 aliphatic rings. The zero-order valence-corrected chi connectivity index (χ0v) is 24.8. The fraction of sp³-hybridized carbons (Fsp3) is 0.250. The van der Waals surface area contributed by atoms with Crippen LogP contribution in [-0.4, -0.2) is 25.2 Å². The Hall–Kier alpha value is -1.30. The summed E-state index contributed by atoms with van der Waals surface area (Å²) in [6.07, 6.45) is 0.524. The largest absolute Gasteiger partial charge is 0.466 e. The third kappa shape index (κ3) is 6.09. The second-order valence-corrected chi connectivity index (χ2v) is 14.1. The van der Waals surface area contributed by atoms with Crippen molar-refractivity contribution in [3.63, 3.8) is 0 Å². The van der Waals surface area contributed by atoms with Gasteiger partial charge in [-0.05, 0) is 93.2 Å². The summed E-state index contributed by atoms with van der Waals surface area (Å²) in [6.45, 7) is 4.40. The van der Waals surface area contributed by atoms with Gasteiger partial charge in [-0.3, -0.25) is 9.59 Å². The summed E-state index contributed by atoms with van der Waals surface area (Å²) in [4.78, 5) is 30.9. The zero-order chi connectivity index (χ0) is 24.2. The van der Waals surface area contributed by atoms with Crippen LogP contribution in [0.3, 0.4) is 0 Å². The molecule has 4 rings (SSSR count). The van der Waals surface area contributed by atoms with Crippen LogP contribution in [0.15, 0.2) is 44.0 Å². The third-order valence-corrected chi connectivity index (χ3v) is 10.8. The second kappa shape index (κ2) is 11.6. The molecule has 0 aromatic carbocycles. The molecule has 0 fully saturated rings. The van der Waals surface area contributed by atoms with Gasteiger partial charge in [-0.15, -0.1) is 45.3 Å². The molecule has 0 unspecified atom stereocenters. The first kappa shape index (κ1) is 25.8. The third-order valence-electron chi connectivity index (χ3n) is 4.74. The first-order chi connectivity index (χ1) is 16.4. The quantitative estimate of drug-likeness (QED) is 0.169. The van der Waals surface area contributed by atoms with Crippen molar-refractivity contribution < 1.29 is 19.1 Å². The molecular weight excluding hydrogens is 640 g/mol. The van der Waals surface area contributed by atoms with Gasteiger partial charge in [0.15, 0.2) is 0 Å². The summed E-state index contributed by atoms with van der Waals surface area (Å²) < 4.78 is 12.3. The van der Waals surface area contributed by atoms with Gasteiger partial charge in [-0.25, -0.2) is 0 Å². The highest BCUT2D eigenvalue weighted by Crippen LogP contribution is 2.46. The number of hydrogen-bond acceptors (Lipinski definition) is 8. The maximum Gasteiger partial charge on any atom is 0.310 e. The Balaban J connectivity index is 1.58. The molecule has 0 aliphatic carbocycles. The lowest BCUT2D eigenvalue weighted by molar-refractivity contribution is -0.143. The molecule has 4 aromatic rings. The van der Waals surface area contributed by atoms with Crippen molar-refractivity contribution >= 4 is 89.1 Å². The number of hydrogen-bond donors (Lipinski definition) is 0. The van der Waals surface area contributed by atoms with E-state index in [1.165, 1.54) is 9.75 Å². The molecule has 0 saturated carbocycles. The summed E-state index contributed by atoms with van der Waals surface area (Å²) in [6, 6.07) is 12.5. The summed E-state index contributed by atoms with van der Waals surface area (Å²) in [5.41, 5.74) is 1.95. The van der Waals surface area contributed by atoms with Crippen LogP contribution >= 0.6 is 77.2 Å². The predicted molar refractivity (Wildman–Crippen MR) is 150 cm³/mol. The first-order valence-corrected chi connectivity index (χ1v) is 15.3. The molecule has 0 spiro atoms. The molecule has 0 radical (unpaired) electrons. The molecule has 0 aliphatic heterocycles. The lowest BCUT2D eigenvalue weighted by Gasteiger charge is -2.02. The average Bonchev–Trinajstić information content (AvgIpc) is 3.55. The smallest absolute Gasteiger partial charge is 0.310 e. The Morgan fingerprint density at radius 2 is 1.06 bits per heavy atom. The first-order valence-electron chi connectivity index (χ1n) is 10.5. The summed E-state index contributed by atoms with van der Waals surface area (Å²) in [5, 5.41) is 0. The molecule has 4 nitrogen and oxygen atoms in total. The zero-order valence-electron chi connectivity index (χ0n) is 18.3. The van der Waals surface area contributed by atoms with Gasteiger partial charge in [0.25, 0.3) is 0 Å². The lowest BCUT2D eigenvalue weighted by atomic mass is 10.1. The minimum Gasteiger partial charge on any atom is -0.466 e. The lowest BCUT2D eigenvalue weighted by Crippen LogP contribution is -2.07. The summed E-state index contributed by atoms with van der Waals surface area (Å²) in [5.74, 6) is -0.427. The number of esters is 2. The fourth-order valence-corrected chi connectivity index (χ4v) is 9.12. The Kier molecular flexibility index (Phi) is 8.81. The van der Waals surface area contributed by atoms with Gasteiger partial charge in [0.05, 0.1) is 33.6 Å². The van der Waals surface area contributed by atoms with Crippen molar-refractivity contribution in [2.24, 2.45) is 0 Å². The van der Waals surface area contributed by atoms with Gasteiger partial charge in [-0.2, -0.15) is 0 Å². The van der Waals surface area contributed by atoms with Crippen LogP contribution in [0.4, 0.5) is 0 Å². The molecule has 178 valence electrons. The van der Waals surface area contributed by atoms with Crippen LogP contribution in [0.2, 0.25) is 0 Å². The van der Waals surface area contributed by atoms with Crippen LogP contribution in [0.25, 0.3) is 29.3 Å². The number of carbonyl (C=O) groups excluding carboxylic acids is 2. The van der Waals surface area contributed by atoms with Gasteiger partial charge in [0.1, 0.15) is 0 Å². The van der Waals surface area contributed by atoms with E-state index in [1.807, 2.05) is 26.0 Å². The molecule has 34 heavy (non-hydrogen) atoms. The Morgan fingerprint density at radius 3 is 1.44 bits per heavy atom. The van der Waals surface area contributed by atoms with Crippen LogP contribution in [0.1, 0.15) is 25.0 Å². The van der Waals surface area contributed by atoms with E-state index in [1.54, 1.807) is 45.3 Å². The molecule has 0 N–H and O–H groups in total. The molecule has 0 atom stereocenters.